The quantitative estimate of drug-likeness (QED) is 0.0937. The highest BCUT2D eigenvalue weighted by molar-refractivity contribution is 9.08. The second-order valence-electron chi connectivity index (χ2n) is 13.4. The van der Waals surface area contributed by atoms with Gasteiger partial charge in [0.05, 0.1) is 19.8 Å². The van der Waals surface area contributed by atoms with Crippen molar-refractivity contribution in [3.05, 3.63) is 251 Å². The molecule has 8 aromatic carbocycles. The summed E-state index contributed by atoms with van der Waals surface area (Å²) in [5.74, 6) is 12.8. The molecule has 304 valence electrons. The zero-order valence-corrected chi connectivity index (χ0v) is 34.4. The number of fused-ring (bicyclic) bond motifs is 2. The van der Waals surface area contributed by atoms with Crippen molar-refractivity contribution in [3.63, 3.8) is 0 Å². The average Bonchev–Trinajstić information content (AvgIpc) is 3.31. The first-order valence-electron chi connectivity index (χ1n) is 19.5. The maximum atomic E-state index is 8.80. The van der Waals surface area contributed by atoms with Crippen LogP contribution in [-0.4, -0.2) is 18.3 Å². The van der Waals surface area contributed by atoms with Gasteiger partial charge in [-0.2, -0.15) is 0 Å². The van der Waals surface area contributed by atoms with Gasteiger partial charge in [-0.1, -0.05) is 230 Å². The van der Waals surface area contributed by atoms with Crippen molar-refractivity contribution < 1.29 is 9.84 Å². The van der Waals surface area contributed by atoms with Gasteiger partial charge in [-0.05, 0) is 86.3 Å². The maximum absolute atomic E-state index is 8.80. The normalized spacial score (nSPS) is 10.1. The van der Waals surface area contributed by atoms with E-state index in [9.17, 15) is 0 Å². The highest BCUT2D eigenvalue weighted by Gasteiger charge is 1.98. The van der Waals surface area contributed by atoms with E-state index in [1.165, 1.54) is 32.7 Å². The Morgan fingerprint density at radius 2 is 0.869 bits per heavy atom. The molecular weight excluding hydrogens is 809 g/mol. The van der Waals surface area contributed by atoms with Crippen LogP contribution >= 0.6 is 15.9 Å². The van der Waals surface area contributed by atoms with Gasteiger partial charge in [0.15, 0.2) is 0 Å². The lowest BCUT2D eigenvalue weighted by Crippen LogP contribution is -1.93. The van der Waals surface area contributed by atoms with E-state index in [0.717, 1.165) is 38.7 Å². The second kappa shape index (κ2) is 26.4. The fraction of sp³-hybridized carbons (Fsp3) is 0.103. The summed E-state index contributed by atoms with van der Waals surface area (Å²) < 4.78 is 5.84. The number of benzene rings is 8. The Kier molecular flexibility index (Phi) is 20.3. The van der Waals surface area contributed by atoms with Crippen molar-refractivity contribution in [3.8, 4) is 23.7 Å². The molecule has 0 unspecified atom stereocenters. The van der Waals surface area contributed by atoms with E-state index in [-0.39, 0.29) is 21.5 Å². The first-order chi connectivity index (χ1) is 29.2. The molecule has 0 bridgehead atoms. The highest BCUT2D eigenvalue weighted by atomic mass is 79.9. The van der Waals surface area contributed by atoms with Crippen LogP contribution in [0.5, 0.6) is 0 Å². The van der Waals surface area contributed by atoms with Crippen molar-refractivity contribution >= 4 is 49.6 Å². The Balaban J connectivity index is 0.000000219. The van der Waals surface area contributed by atoms with Crippen LogP contribution in [0.15, 0.2) is 206 Å². The van der Waals surface area contributed by atoms with Crippen molar-refractivity contribution in [2.24, 2.45) is 0 Å². The molecule has 0 spiro atoms. The Morgan fingerprint density at radius 1 is 0.443 bits per heavy atom. The third-order valence-electron chi connectivity index (χ3n) is 9.12. The van der Waals surface area contributed by atoms with Crippen LogP contribution in [-0.2, 0) is 16.7 Å². The number of rotatable bonds is 8. The lowest BCUT2D eigenvalue weighted by atomic mass is 10.1. The summed E-state index contributed by atoms with van der Waals surface area (Å²) >= 11 is 3.44. The Hall–Kier alpha value is -6.72. The second-order valence-corrected chi connectivity index (χ2v) is 14.0. The van der Waals surface area contributed by atoms with Crippen LogP contribution in [0.1, 0.15) is 59.4 Å². The molecule has 0 amide bonds. The number of halogens is 1. The van der Waals surface area contributed by atoms with Crippen LogP contribution in [0.3, 0.4) is 0 Å². The van der Waals surface area contributed by atoms with Gasteiger partial charge in [-0.3, -0.25) is 0 Å². The zero-order chi connectivity index (χ0) is 40.7. The van der Waals surface area contributed by atoms with E-state index in [2.05, 4.69) is 137 Å². The number of alkyl halides is 1. The van der Waals surface area contributed by atoms with Gasteiger partial charge in [-0.25, -0.2) is 0 Å². The number of aliphatic hydroxyl groups excluding tert-OH is 1. The molecule has 8 rings (SSSR count). The molecule has 0 aliphatic rings. The Bertz CT molecular complexity index is 2730. The zero-order valence-electron chi connectivity index (χ0n) is 32.8. The molecule has 8 aromatic rings. The van der Waals surface area contributed by atoms with Gasteiger partial charge in [-0.15, -0.1) is 0 Å². The fourth-order valence-electron chi connectivity index (χ4n) is 6.08. The summed E-state index contributed by atoms with van der Waals surface area (Å²) in [6.45, 7) is 1.21. The molecule has 0 saturated heterocycles. The molecule has 0 heterocycles. The fourth-order valence-corrected chi connectivity index (χ4v) is 6.43. The minimum atomic E-state index is 0. The molecular formula is C58H53BrO2. The lowest BCUT2D eigenvalue weighted by molar-refractivity contribution is 0.149. The molecule has 0 aliphatic carbocycles. The number of hydrogen-bond acceptors (Lipinski definition) is 2. The molecule has 3 heteroatoms. The monoisotopic (exact) mass is 860 g/mol. The van der Waals surface area contributed by atoms with E-state index in [0.29, 0.717) is 13.2 Å². The SMILES string of the molecule is BrCc1ccc2ccccc2c1.C.C.C(#Cc1ccccc1/C=C/COCc1ccc2ccccc2c1)c1ccccc1.OC/C=C/c1ccccc1C#Cc1ccccc1. The van der Waals surface area contributed by atoms with Crippen LogP contribution in [0, 0.1) is 23.7 Å². The summed E-state index contributed by atoms with van der Waals surface area (Å²) in [6, 6.07) is 65.8. The minimum Gasteiger partial charge on any atom is -0.392 e. The molecule has 0 aliphatic heterocycles. The van der Waals surface area contributed by atoms with E-state index in [4.69, 9.17) is 9.84 Å². The Labute approximate surface area is 372 Å². The third kappa shape index (κ3) is 15.4. The molecule has 0 saturated carbocycles. The van der Waals surface area contributed by atoms with Crippen molar-refractivity contribution in [1.29, 1.82) is 0 Å². The van der Waals surface area contributed by atoms with Gasteiger partial charge in [0.2, 0.25) is 0 Å². The lowest BCUT2D eigenvalue weighted by Gasteiger charge is -2.04. The minimum absolute atomic E-state index is 0. The number of ether oxygens (including phenoxy) is 1. The molecule has 0 aromatic heterocycles. The molecule has 2 nitrogen and oxygen atoms in total. The third-order valence-corrected chi connectivity index (χ3v) is 9.76. The van der Waals surface area contributed by atoms with E-state index in [1.54, 1.807) is 6.08 Å². The van der Waals surface area contributed by atoms with E-state index < -0.39 is 0 Å². The predicted octanol–water partition coefficient (Wildman–Crippen LogP) is 14.6. The van der Waals surface area contributed by atoms with Gasteiger partial charge < -0.3 is 9.84 Å². The summed E-state index contributed by atoms with van der Waals surface area (Å²) in [5.41, 5.74) is 8.64. The van der Waals surface area contributed by atoms with Crippen LogP contribution in [0.25, 0.3) is 33.7 Å². The van der Waals surface area contributed by atoms with Crippen molar-refractivity contribution in [2.45, 2.75) is 26.8 Å². The number of aliphatic hydroxyl groups is 1. The molecule has 61 heavy (non-hydrogen) atoms. The predicted molar refractivity (Wildman–Crippen MR) is 267 cm³/mol. The highest BCUT2D eigenvalue weighted by Crippen LogP contribution is 2.18. The topological polar surface area (TPSA) is 29.5 Å². The van der Waals surface area contributed by atoms with Gasteiger partial charge in [0.25, 0.3) is 0 Å². The van der Waals surface area contributed by atoms with E-state index in [1.807, 2.05) is 115 Å². The summed E-state index contributed by atoms with van der Waals surface area (Å²) in [5, 5.41) is 14.9. The summed E-state index contributed by atoms with van der Waals surface area (Å²) in [6.07, 6.45) is 7.72. The molecule has 0 radical (unpaired) electrons. The first-order valence-corrected chi connectivity index (χ1v) is 20.7. The van der Waals surface area contributed by atoms with Crippen molar-refractivity contribution in [2.75, 3.05) is 13.2 Å². The summed E-state index contributed by atoms with van der Waals surface area (Å²) in [4.78, 5) is 0. The van der Waals surface area contributed by atoms with Gasteiger partial charge in [0.1, 0.15) is 0 Å². The number of hydrogen-bond donors (Lipinski definition) is 1. The molecule has 0 atom stereocenters. The largest absolute Gasteiger partial charge is 0.392 e. The van der Waals surface area contributed by atoms with Crippen LogP contribution < -0.4 is 0 Å². The van der Waals surface area contributed by atoms with Crippen molar-refractivity contribution in [1.82, 2.24) is 0 Å². The Morgan fingerprint density at radius 3 is 1.38 bits per heavy atom. The maximum Gasteiger partial charge on any atom is 0.0721 e. The standard InChI is InChI=1S/C28H22O.C17H14O.C11H9Br.2CH4/c1-2-9-23(10-3-1)16-18-26-12-5-4-11-25(26)15-8-20-29-22-24-17-19-27-13-6-7-14-28(27)21-24;18-14-6-11-16-9-4-5-10-17(16)13-12-15-7-2-1-3-8-15;12-8-9-5-6-10-3-1-2-4-11(10)7-9;;/h1-15,17,19,21H,20,22H2;1-11,18H,14H2;1-7H,8H2;2*1H4/b15-8+;11-6+;;;. The van der Waals surface area contributed by atoms with Gasteiger partial charge >= 0.3 is 0 Å². The first kappa shape index (κ1) is 47.0. The van der Waals surface area contributed by atoms with Crippen LogP contribution in [0.2, 0.25) is 0 Å². The van der Waals surface area contributed by atoms with E-state index >= 15 is 0 Å². The molecule has 1 N–H and O–H groups in total. The smallest absolute Gasteiger partial charge is 0.0721 e. The van der Waals surface area contributed by atoms with Gasteiger partial charge in [0, 0.05) is 27.6 Å². The van der Waals surface area contributed by atoms with Crippen LogP contribution in [0.4, 0.5) is 0 Å². The summed E-state index contributed by atoms with van der Waals surface area (Å²) in [7, 11) is 0. The molecule has 0 fully saturated rings. The average molecular weight is 862 g/mol.